The number of rotatable bonds is 6. The Morgan fingerprint density at radius 2 is 2.04 bits per heavy atom. The van der Waals surface area contributed by atoms with Crippen molar-refractivity contribution in [1.82, 2.24) is 20.0 Å². The average molecular weight is 371 g/mol. The van der Waals surface area contributed by atoms with Crippen LogP contribution in [0, 0.1) is 24.0 Å². The van der Waals surface area contributed by atoms with E-state index in [4.69, 9.17) is 0 Å². The van der Waals surface area contributed by atoms with E-state index in [2.05, 4.69) is 46.5 Å². The van der Waals surface area contributed by atoms with E-state index in [0.717, 1.165) is 19.5 Å². The first kappa shape index (κ1) is 19.0. The summed E-state index contributed by atoms with van der Waals surface area (Å²) in [6, 6.07) is 8.66. The zero-order valence-corrected chi connectivity index (χ0v) is 15.9. The molecule has 144 valence electrons. The number of amides is 1. The molecule has 2 heterocycles. The summed E-state index contributed by atoms with van der Waals surface area (Å²) in [7, 11) is 0. The van der Waals surface area contributed by atoms with Gasteiger partial charge >= 0.3 is 5.69 Å². The van der Waals surface area contributed by atoms with Gasteiger partial charge in [0.2, 0.25) is 5.91 Å². The first-order chi connectivity index (χ1) is 12.9. The van der Waals surface area contributed by atoms with E-state index in [0.29, 0.717) is 17.9 Å². The van der Waals surface area contributed by atoms with Gasteiger partial charge in [-0.1, -0.05) is 24.3 Å². The van der Waals surface area contributed by atoms with E-state index in [1.165, 1.54) is 15.8 Å². The van der Waals surface area contributed by atoms with E-state index in [1.54, 1.807) is 13.8 Å². The third-order valence-corrected chi connectivity index (χ3v) is 5.20. The molecular formula is C19H25N5O3. The third-order valence-electron chi connectivity index (χ3n) is 5.20. The van der Waals surface area contributed by atoms with E-state index in [-0.39, 0.29) is 24.2 Å². The second-order valence-corrected chi connectivity index (χ2v) is 7.08. The smallest absolute Gasteiger partial charge is 0.312 e. The van der Waals surface area contributed by atoms with Gasteiger partial charge in [-0.05, 0) is 38.3 Å². The summed E-state index contributed by atoms with van der Waals surface area (Å²) in [6.45, 7) is 7.66. The average Bonchev–Trinajstić information content (AvgIpc) is 2.92. The van der Waals surface area contributed by atoms with E-state index in [9.17, 15) is 14.9 Å². The zero-order valence-electron chi connectivity index (χ0n) is 15.9. The summed E-state index contributed by atoms with van der Waals surface area (Å²) in [5.74, 6) is -0.195. The minimum Gasteiger partial charge on any atom is -0.353 e. The Morgan fingerprint density at radius 1 is 1.33 bits per heavy atom. The van der Waals surface area contributed by atoms with Gasteiger partial charge in [-0.25, -0.2) is 0 Å². The van der Waals surface area contributed by atoms with Crippen molar-refractivity contribution < 1.29 is 9.72 Å². The summed E-state index contributed by atoms with van der Waals surface area (Å²) in [5, 5.41) is 18.1. The van der Waals surface area contributed by atoms with E-state index < -0.39 is 4.92 Å². The number of nitrogens with zero attached hydrogens (tertiary/aromatic N) is 4. The van der Waals surface area contributed by atoms with Crippen molar-refractivity contribution in [2.45, 2.75) is 46.3 Å². The number of hydrogen-bond donors (Lipinski definition) is 1. The minimum absolute atomic E-state index is 0.0178. The number of aromatic nitrogens is 2. The number of benzene rings is 1. The van der Waals surface area contributed by atoms with Crippen molar-refractivity contribution in [3.8, 4) is 0 Å². The van der Waals surface area contributed by atoms with Crippen LogP contribution >= 0.6 is 0 Å². The highest BCUT2D eigenvalue weighted by Crippen LogP contribution is 2.22. The molecule has 1 atom stereocenters. The Kier molecular flexibility index (Phi) is 5.55. The van der Waals surface area contributed by atoms with Crippen LogP contribution in [0.3, 0.4) is 0 Å². The van der Waals surface area contributed by atoms with E-state index >= 15 is 0 Å². The fourth-order valence-electron chi connectivity index (χ4n) is 3.58. The van der Waals surface area contributed by atoms with Crippen LogP contribution in [0.1, 0.15) is 29.4 Å². The molecule has 1 aromatic carbocycles. The van der Waals surface area contributed by atoms with Crippen molar-refractivity contribution in [1.29, 1.82) is 0 Å². The number of nitrogens with one attached hydrogen (secondary N) is 1. The zero-order chi connectivity index (χ0) is 19.6. The maximum Gasteiger partial charge on any atom is 0.312 e. The van der Waals surface area contributed by atoms with Gasteiger partial charge in [-0.3, -0.25) is 24.5 Å². The van der Waals surface area contributed by atoms with Crippen LogP contribution in [0.2, 0.25) is 0 Å². The van der Waals surface area contributed by atoms with Crippen molar-refractivity contribution in [3.05, 3.63) is 56.9 Å². The number of hydrogen-bond acceptors (Lipinski definition) is 5. The van der Waals surface area contributed by atoms with Gasteiger partial charge in [0.05, 0.1) is 4.92 Å². The largest absolute Gasteiger partial charge is 0.353 e. The monoisotopic (exact) mass is 371 g/mol. The Bertz CT molecular complexity index is 861. The lowest BCUT2D eigenvalue weighted by Gasteiger charge is -2.33. The summed E-state index contributed by atoms with van der Waals surface area (Å²) < 4.78 is 1.39. The lowest BCUT2D eigenvalue weighted by atomic mass is 9.99. The Morgan fingerprint density at radius 3 is 2.70 bits per heavy atom. The standard InChI is InChI=1S/C19H25N5O3/c1-13(22-9-8-16-6-4-5-7-17(16)11-22)10-20-18(25)12-23-15(3)19(24(26)27)14(2)21-23/h4-7,13H,8-12H2,1-3H3,(H,20,25). The number of carbonyl (C=O) groups excluding carboxylic acids is 1. The van der Waals surface area contributed by atoms with Crippen molar-refractivity contribution in [2.75, 3.05) is 13.1 Å². The van der Waals surface area contributed by atoms with Gasteiger partial charge in [0.15, 0.2) is 0 Å². The quantitative estimate of drug-likeness (QED) is 0.619. The van der Waals surface area contributed by atoms with Crippen LogP contribution in [0.5, 0.6) is 0 Å². The van der Waals surface area contributed by atoms with E-state index in [1.807, 2.05) is 0 Å². The second kappa shape index (κ2) is 7.87. The Balaban J connectivity index is 1.54. The maximum atomic E-state index is 12.3. The molecule has 1 unspecified atom stereocenters. The lowest BCUT2D eigenvalue weighted by Crippen LogP contribution is -2.45. The molecule has 1 aromatic heterocycles. The molecule has 3 rings (SSSR count). The summed E-state index contributed by atoms with van der Waals surface area (Å²) in [4.78, 5) is 25.2. The highest BCUT2D eigenvalue weighted by molar-refractivity contribution is 5.75. The van der Waals surface area contributed by atoms with Crippen molar-refractivity contribution in [3.63, 3.8) is 0 Å². The molecule has 2 aromatic rings. The van der Waals surface area contributed by atoms with Crippen molar-refractivity contribution >= 4 is 11.6 Å². The fraction of sp³-hybridized carbons (Fsp3) is 0.474. The summed E-state index contributed by atoms with van der Waals surface area (Å²) >= 11 is 0. The molecule has 1 N–H and O–H groups in total. The Labute approximate surface area is 158 Å². The van der Waals surface area contributed by atoms with Gasteiger partial charge in [0, 0.05) is 25.7 Å². The minimum atomic E-state index is -0.456. The maximum absolute atomic E-state index is 12.3. The molecule has 1 aliphatic heterocycles. The third kappa shape index (κ3) is 4.16. The van der Waals surface area contributed by atoms with Gasteiger partial charge in [-0.15, -0.1) is 0 Å². The van der Waals surface area contributed by atoms with Gasteiger partial charge in [0.25, 0.3) is 0 Å². The first-order valence-corrected chi connectivity index (χ1v) is 9.12. The molecule has 27 heavy (non-hydrogen) atoms. The highest BCUT2D eigenvalue weighted by atomic mass is 16.6. The topological polar surface area (TPSA) is 93.3 Å². The van der Waals surface area contributed by atoms with Crippen LogP contribution in [0.15, 0.2) is 24.3 Å². The number of aryl methyl sites for hydroxylation is 1. The molecule has 8 heteroatoms. The lowest BCUT2D eigenvalue weighted by molar-refractivity contribution is -0.386. The van der Waals surface area contributed by atoms with Crippen LogP contribution in [0.25, 0.3) is 0 Å². The first-order valence-electron chi connectivity index (χ1n) is 9.12. The highest BCUT2D eigenvalue weighted by Gasteiger charge is 2.24. The second-order valence-electron chi connectivity index (χ2n) is 7.08. The molecular weight excluding hydrogens is 346 g/mol. The summed E-state index contributed by atoms with van der Waals surface area (Å²) in [6.07, 6.45) is 1.02. The summed E-state index contributed by atoms with van der Waals surface area (Å²) in [5.41, 5.74) is 3.44. The van der Waals surface area contributed by atoms with Gasteiger partial charge < -0.3 is 5.32 Å². The fourth-order valence-corrected chi connectivity index (χ4v) is 3.58. The van der Waals surface area contributed by atoms with Crippen LogP contribution in [-0.4, -0.2) is 44.6 Å². The Hall–Kier alpha value is -2.74. The molecule has 1 aliphatic rings. The molecule has 0 saturated heterocycles. The number of fused-ring (bicyclic) bond motifs is 1. The predicted molar refractivity (Wildman–Crippen MR) is 101 cm³/mol. The molecule has 8 nitrogen and oxygen atoms in total. The molecule has 0 spiro atoms. The molecule has 1 amide bonds. The van der Waals surface area contributed by atoms with Crippen molar-refractivity contribution in [2.24, 2.45) is 0 Å². The van der Waals surface area contributed by atoms with Crippen LogP contribution in [-0.2, 0) is 24.3 Å². The molecule has 0 bridgehead atoms. The van der Waals surface area contributed by atoms with Gasteiger partial charge in [-0.2, -0.15) is 5.10 Å². The van der Waals surface area contributed by atoms with Crippen LogP contribution < -0.4 is 5.32 Å². The van der Waals surface area contributed by atoms with Gasteiger partial charge in [0.1, 0.15) is 17.9 Å². The predicted octanol–water partition coefficient (Wildman–Crippen LogP) is 1.97. The SMILES string of the molecule is Cc1nn(CC(=O)NCC(C)N2CCc3ccccc3C2)c(C)c1[N+](=O)[O-]. The number of carbonyl (C=O) groups is 1. The normalized spacial score (nSPS) is 15.2. The number of nitro groups is 1. The molecule has 0 fully saturated rings. The van der Waals surface area contributed by atoms with Crippen LogP contribution in [0.4, 0.5) is 5.69 Å². The molecule has 0 aliphatic carbocycles. The molecule has 0 radical (unpaired) electrons. The molecule has 0 saturated carbocycles.